The van der Waals surface area contributed by atoms with Crippen molar-refractivity contribution in [2.45, 2.75) is 38.9 Å². The number of hydrogen-bond acceptors (Lipinski definition) is 7. The van der Waals surface area contributed by atoms with Gasteiger partial charge in [-0.1, -0.05) is 18.2 Å². The highest BCUT2D eigenvalue weighted by molar-refractivity contribution is 5.79. The maximum Gasteiger partial charge on any atom is 0.227 e. The van der Waals surface area contributed by atoms with Crippen LogP contribution in [0.1, 0.15) is 37.4 Å². The van der Waals surface area contributed by atoms with Crippen molar-refractivity contribution in [3.05, 3.63) is 53.6 Å². The zero-order chi connectivity index (χ0) is 23.9. The van der Waals surface area contributed by atoms with Gasteiger partial charge >= 0.3 is 0 Å². The molecule has 2 N–H and O–H groups in total. The minimum atomic E-state index is 0.153. The molecule has 2 aliphatic rings. The number of piperazine rings is 1. The largest absolute Gasteiger partial charge is 0.497 e. The number of nitrogens with one attached hydrogen (secondary N) is 2. The van der Waals surface area contributed by atoms with Gasteiger partial charge in [0.25, 0.3) is 0 Å². The molecule has 8 nitrogen and oxygen atoms in total. The second kappa shape index (κ2) is 11.6. The van der Waals surface area contributed by atoms with Gasteiger partial charge < -0.3 is 19.1 Å². The van der Waals surface area contributed by atoms with Crippen LogP contribution in [0.15, 0.2) is 42.5 Å². The highest BCUT2D eigenvalue weighted by Gasteiger charge is 2.32. The summed E-state index contributed by atoms with van der Waals surface area (Å²) in [5, 5.41) is 0. The van der Waals surface area contributed by atoms with Crippen LogP contribution in [0.2, 0.25) is 0 Å². The third kappa shape index (κ3) is 5.81. The van der Waals surface area contributed by atoms with E-state index in [-0.39, 0.29) is 18.1 Å². The summed E-state index contributed by atoms with van der Waals surface area (Å²) < 4.78 is 16.6. The maximum atomic E-state index is 13.0. The van der Waals surface area contributed by atoms with Gasteiger partial charge in [-0.15, -0.1) is 0 Å². The first-order valence-corrected chi connectivity index (χ1v) is 12.2. The molecule has 0 spiro atoms. The molecule has 2 aromatic carbocycles. The molecule has 2 aromatic rings. The number of carbonyl (C=O) groups is 1. The fourth-order valence-electron chi connectivity index (χ4n) is 4.61. The quantitative estimate of drug-likeness (QED) is 0.586. The van der Waals surface area contributed by atoms with E-state index < -0.39 is 0 Å². The summed E-state index contributed by atoms with van der Waals surface area (Å²) in [5.41, 5.74) is 9.04. The van der Waals surface area contributed by atoms with Crippen molar-refractivity contribution in [3.63, 3.8) is 0 Å². The van der Waals surface area contributed by atoms with Crippen LogP contribution in [0.4, 0.5) is 0 Å². The highest BCUT2D eigenvalue weighted by atomic mass is 16.5. The number of hydrogen-bond donors (Lipinski definition) is 2. The van der Waals surface area contributed by atoms with Crippen molar-refractivity contribution < 1.29 is 19.0 Å². The van der Waals surface area contributed by atoms with Crippen LogP contribution in [0.5, 0.6) is 17.2 Å². The molecular weight excluding hydrogens is 432 g/mol. The molecule has 8 heteroatoms. The molecule has 2 atom stereocenters. The van der Waals surface area contributed by atoms with E-state index in [2.05, 4.69) is 27.9 Å². The first-order valence-electron chi connectivity index (χ1n) is 12.2. The zero-order valence-electron chi connectivity index (χ0n) is 20.4. The Bertz CT molecular complexity index is 944. The molecule has 0 bridgehead atoms. The van der Waals surface area contributed by atoms with Gasteiger partial charge in [0.1, 0.15) is 5.75 Å². The number of methoxy groups -OCH3 is 1. The third-order valence-electron chi connectivity index (χ3n) is 6.47. The average Bonchev–Trinajstić information content (AvgIpc) is 3.36. The zero-order valence-corrected chi connectivity index (χ0v) is 20.4. The van der Waals surface area contributed by atoms with Crippen LogP contribution in [0.25, 0.3) is 0 Å². The Balaban J connectivity index is 1.27. The van der Waals surface area contributed by atoms with Crippen molar-refractivity contribution >= 4 is 5.91 Å². The second-order valence-corrected chi connectivity index (χ2v) is 8.61. The Hall–Kier alpha value is -2.81. The number of benzene rings is 2. The lowest BCUT2D eigenvalue weighted by atomic mass is 10.0. The van der Waals surface area contributed by atoms with Crippen LogP contribution in [-0.2, 0) is 11.2 Å². The van der Waals surface area contributed by atoms with Crippen LogP contribution >= 0.6 is 0 Å². The summed E-state index contributed by atoms with van der Waals surface area (Å²) in [7, 11) is 1.68. The highest BCUT2D eigenvalue weighted by Crippen LogP contribution is 2.29. The fourth-order valence-corrected chi connectivity index (χ4v) is 4.61. The van der Waals surface area contributed by atoms with Crippen LogP contribution in [0.3, 0.4) is 0 Å². The Labute approximate surface area is 202 Å². The van der Waals surface area contributed by atoms with Crippen LogP contribution in [0, 0.1) is 0 Å². The Morgan fingerprint density at radius 3 is 2.32 bits per heavy atom. The summed E-state index contributed by atoms with van der Waals surface area (Å²) in [6.07, 6.45) is 1.60. The van der Waals surface area contributed by atoms with E-state index in [9.17, 15) is 4.79 Å². The van der Waals surface area contributed by atoms with E-state index in [4.69, 9.17) is 14.2 Å². The van der Waals surface area contributed by atoms with Crippen LogP contribution < -0.4 is 25.1 Å². The van der Waals surface area contributed by atoms with Crippen molar-refractivity contribution in [1.82, 2.24) is 20.7 Å². The Morgan fingerprint density at radius 1 is 0.941 bits per heavy atom. The molecule has 34 heavy (non-hydrogen) atoms. The van der Waals surface area contributed by atoms with E-state index in [1.807, 2.05) is 49.1 Å². The Kier molecular flexibility index (Phi) is 8.26. The summed E-state index contributed by atoms with van der Waals surface area (Å²) in [6, 6.07) is 14.2. The summed E-state index contributed by atoms with van der Waals surface area (Å²) >= 11 is 0. The van der Waals surface area contributed by atoms with Crippen molar-refractivity contribution in [2.24, 2.45) is 0 Å². The molecule has 2 fully saturated rings. The average molecular weight is 469 g/mol. The second-order valence-electron chi connectivity index (χ2n) is 8.61. The van der Waals surface area contributed by atoms with E-state index in [1.165, 1.54) is 5.56 Å². The number of ether oxygens (including phenoxy) is 3. The van der Waals surface area contributed by atoms with Gasteiger partial charge in [0.2, 0.25) is 5.91 Å². The molecule has 0 radical (unpaired) electrons. The van der Waals surface area contributed by atoms with Gasteiger partial charge in [-0.05, 0) is 55.7 Å². The topological polar surface area (TPSA) is 75.3 Å². The summed E-state index contributed by atoms with van der Waals surface area (Å²) in [6.45, 7) is 8.21. The normalized spacial score (nSPS) is 20.9. The van der Waals surface area contributed by atoms with Crippen molar-refractivity contribution in [1.29, 1.82) is 0 Å². The molecule has 2 unspecified atom stereocenters. The lowest BCUT2D eigenvalue weighted by Gasteiger charge is -2.37. The van der Waals surface area contributed by atoms with Gasteiger partial charge in [0, 0.05) is 32.2 Å². The van der Waals surface area contributed by atoms with Crippen molar-refractivity contribution in [3.8, 4) is 17.2 Å². The maximum absolute atomic E-state index is 13.0. The van der Waals surface area contributed by atoms with E-state index in [1.54, 1.807) is 7.11 Å². The number of rotatable bonds is 9. The molecule has 184 valence electrons. The molecule has 2 aliphatic heterocycles. The van der Waals surface area contributed by atoms with Crippen molar-refractivity contribution in [2.75, 3.05) is 46.5 Å². The molecule has 4 rings (SSSR count). The predicted octanol–water partition coefficient (Wildman–Crippen LogP) is 2.74. The number of amides is 1. The smallest absolute Gasteiger partial charge is 0.227 e. The molecule has 2 saturated heterocycles. The predicted molar refractivity (Wildman–Crippen MR) is 131 cm³/mol. The Morgan fingerprint density at radius 2 is 1.65 bits per heavy atom. The molecule has 0 saturated carbocycles. The summed E-state index contributed by atoms with van der Waals surface area (Å²) in [4.78, 5) is 17.4. The molecule has 2 heterocycles. The van der Waals surface area contributed by atoms with Gasteiger partial charge in [-0.3, -0.25) is 9.69 Å². The lowest BCUT2D eigenvalue weighted by molar-refractivity contribution is -0.132. The van der Waals surface area contributed by atoms with Crippen LogP contribution in [-0.4, -0.2) is 68.4 Å². The summed E-state index contributed by atoms with van der Waals surface area (Å²) in [5.74, 6) is 2.44. The number of hydrazine groups is 1. The molecule has 0 aromatic heterocycles. The monoisotopic (exact) mass is 468 g/mol. The van der Waals surface area contributed by atoms with E-state index in [0.717, 1.165) is 49.7 Å². The molecule has 0 aliphatic carbocycles. The minimum Gasteiger partial charge on any atom is -0.497 e. The first-order chi connectivity index (χ1) is 16.6. The number of carbonyl (C=O) groups excluding carboxylic acids is 1. The SMILES string of the molecule is CCOc1ccc(CC(=O)N2CCN(C3CC(c4ccc(OC)cc4)NN3)CC2)cc1OCC. The molecular formula is C26H36N4O4. The van der Waals surface area contributed by atoms with Gasteiger partial charge in [-0.25, -0.2) is 10.9 Å². The minimum absolute atomic E-state index is 0.153. The van der Waals surface area contributed by atoms with Gasteiger partial charge in [0.05, 0.1) is 32.9 Å². The first kappa shape index (κ1) is 24.3. The fraction of sp³-hybridized carbons (Fsp3) is 0.500. The number of nitrogens with zero attached hydrogens (tertiary/aromatic N) is 2. The standard InChI is InChI=1S/C26H36N4O4/c1-4-33-23-11-6-19(16-24(23)34-5-2)17-26(31)30-14-12-29(13-15-30)25-18-22(27-28-25)20-7-9-21(32-3)10-8-20/h6-11,16,22,25,27-28H,4-5,12-15,17-18H2,1-3H3. The lowest BCUT2D eigenvalue weighted by Crippen LogP contribution is -2.55. The third-order valence-corrected chi connectivity index (χ3v) is 6.47. The van der Waals surface area contributed by atoms with Gasteiger partial charge in [-0.2, -0.15) is 0 Å². The van der Waals surface area contributed by atoms with E-state index in [0.29, 0.717) is 25.4 Å². The van der Waals surface area contributed by atoms with E-state index >= 15 is 0 Å². The molecule has 1 amide bonds. The van der Waals surface area contributed by atoms with Gasteiger partial charge in [0.15, 0.2) is 11.5 Å².